The van der Waals surface area contributed by atoms with Gasteiger partial charge in [-0.2, -0.15) is 0 Å². The first-order valence-corrected chi connectivity index (χ1v) is 8.68. The van der Waals surface area contributed by atoms with Crippen LogP contribution in [0, 0.1) is 0 Å². The normalized spacial score (nSPS) is 17.5. The molecule has 1 aromatic heterocycles. The number of hydrogen-bond donors (Lipinski definition) is 1. The van der Waals surface area contributed by atoms with Crippen LogP contribution in [-0.2, 0) is 0 Å². The van der Waals surface area contributed by atoms with Crippen LogP contribution in [0.25, 0.3) is 10.2 Å². The summed E-state index contributed by atoms with van der Waals surface area (Å²) in [5, 5.41) is 4.09. The second kappa shape index (κ2) is 6.56. The summed E-state index contributed by atoms with van der Waals surface area (Å²) in [5.74, 6) is 1.64. The molecule has 1 aliphatic rings. The average molecular weight is 326 g/mol. The van der Waals surface area contributed by atoms with Gasteiger partial charge in [-0.05, 0) is 55.8 Å². The van der Waals surface area contributed by atoms with Gasteiger partial charge in [-0.1, -0.05) is 23.5 Å². The minimum Gasteiger partial charge on any atom is -0.492 e. The van der Waals surface area contributed by atoms with Gasteiger partial charge in [0.2, 0.25) is 0 Å². The third-order valence-corrected chi connectivity index (χ3v) is 4.83. The molecule has 0 bridgehead atoms. The van der Waals surface area contributed by atoms with Crippen LogP contribution in [0.4, 0.5) is 0 Å². The van der Waals surface area contributed by atoms with Gasteiger partial charge in [0.15, 0.2) is 0 Å². The molecule has 2 aromatic carbocycles. The Morgan fingerprint density at radius 2 is 1.91 bits per heavy atom. The largest absolute Gasteiger partial charge is 0.492 e. The van der Waals surface area contributed by atoms with Crippen molar-refractivity contribution in [1.29, 1.82) is 0 Å². The van der Waals surface area contributed by atoms with E-state index in [-0.39, 0.29) is 0 Å². The molecule has 0 aliphatic carbocycles. The zero-order valence-electron chi connectivity index (χ0n) is 12.7. The average Bonchev–Trinajstić information content (AvgIpc) is 3.23. The maximum absolute atomic E-state index is 5.84. The van der Waals surface area contributed by atoms with Crippen LogP contribution in [0.1, 0.15) is 12.8 Å². The maximum atomic E-state index is 5.84. The maximum Gasteiger partial charge on any atom is 0.279 e. The molecule has 0 saturated carbocycles. The predicted molar refractivity (Wildman–Crippen MR) is 92.7 cm³/mol. The fourth-order valence-corrected chi connectivity index (χ4v) is 3.53. The fraction of sp³-hybridized carbons (Fsp3) is 0.278. The highest BCUT2D eigenvalue weighted by Crippen LogP contribution is 2.31. The zero-order chi connectivity index (χ0) is 15.5. The van der Waals surface area contributed by atoms with Gasteiger partial charge in [0.25, 0.3) is 5.19 Å². The van der Waals surface area contributed by atoms with Crippen LogP contribution in [0.5, 0.6) is 16.7 Å². The molecule has 1 atom stereocenters. The molecule has 1 saturated heterocycles. The molecule has 5 heteroatoms. The SMILES string of the molecule is c1ccc2sc(Oc3ccc(OC[C@@H]4CCCN4)cc3)nc2c1. The first-order chi connectivity index (χ1) is 11.4. The lowest BCUT2D eigenvalue weighted by atomic mass is 10.2. The molecule has 118 valence electrons. The van der Waals surface area contributed by atoms with Gasteiger partial charge in [-0.15, -0.1) is 0 Å². The third kappa shape index (κ3) is 3.46. The molecule has 1 aliphatic heterocycles. The molecule has 23 heavy (non-hydrogen) atoms. The molecule has 3 aromatic rings. The molecule has 0 amide bonds. The van der Waals surface area contributed by atoms with Crippen molar-refractivity contribution in [2.45, 2.75) is 18.9 Å². The molecular weight excluding hydrogens is 308 g/mol. The van der Waals surface area contributed by atoms with Crippen LogP contribution >= 0.6 is 11.3 Å². The Morgan fingerprint density at radius 3 is 2.70 bits per heavy atom. The molecule has 4 nitrogen and oxygen atoms in total. The number of thiazole rings is 1. The van der Waals surface area contributed by atoms with Crippen molar-refractivity contribution in [2.75, 3.05) is 13.2 Å². The van der Waals surface area contributed by atoms with E-state index in [0.29, 0.717) is 11.2 Å². The van der Waals surface area contributed by atoms with Gasteiger partial charge < -0.3 is 14.8 Å². The quantitative estimate of drug-likeness (QED) is 0.762. The number of rotatable bonds is 5. The van der Waals surface area contributed by atoms with Crippen LogP contribution in [0.3, 0.4) is 0 Å². The molecule has 0 radical (unpaired) electrons. The van der Waals surface area contributed by atoms with Crippen LogP contribution in [0.15, 0.2) is 48.5 Å². The van der Waals surface area contributed by atoms with Gasteiger partial charge in [0.05, 0.1) is 10.2 Å². The third-order valence-electron chi connectivity index (χ3n) is 3.92. The summed E-state index contributed by atoms with van der Waals surface area (Å²) in [7, 11) is 0. The van der Waals surface area contributed by atoms with E-state index in [1.54, 1.807) is 11.3 Å². The Labute approximate surface area is 139 Å². The highest BCUT2D eigenvalue weighted by molar-refractivity contribution is 7.20. The Balaban J connectivity index is 1.39. The topological polar surface area (TPSA) is 43.4 Å². The van der Waals surface area contributed by atoms with Crippen molar-refractivity contribution in [3.8, 4) is 16.7 Å². The van der Waals surface area contributed by atoms with E-state index in [4.69, 9.17) is 9.47 Å². The number of ether oxygens (including phenoxy) is 2. The van der Waals surface area contributed by atoms with Crippen LogP contribution in [-0.4, -0.2) is 24.2 Å². The van der Waals surface area contributed by atoms with Gasteiger partial charge in [-0.25, -0.2) is 4.98 Å². The summed E-state index contributed by atoms with van der Waals surface area (Å²) in [6.07, 6.45) is 2.43. The molecule has 0 spiro atoms. The van der Waals surface area contributed by atoms with Crippen molar-refractivity contribution in [2.24, 2.45) is 0 Å². The van der Waals surface area contributed by atoms with Crippen molar-refractivity contribution in [1.82, 2.24) is 10.3 Å². The second-order valence-electron chi connectivity index (χ2n) is 5.63. The van der Waals surface area contributed by atoms with E-state index >= 15 is 0 Å². The summed E-state index contributed by atoms with van der Waals surface area (Å²) in [6, 6.07) is 16.2. The summed E-state index contributed by atoms with van der Waals surface area (Å²) in [5.41, 5.74) is 0.969. The van der Waals surface area contributed by atoms with Gasteiger partial charge in [0, 0.05) is 6.04 Å². The molecule has 0 unspecified atom stereocenters. The minimum absolute atomic E-state index is 0.480. The number of nitrogens with zero attached hydrogens (tertiary/aromatic N) is 1. The number of hydrogen-bond acceptors (Lipinski definition) is 5. The van der Waals surface area contributed by atoms with Crippen LogP contribution < -0.4 is 14.8 Å². The van der Waals surface area contributed by atoms with Crippen molar-refractivity contribution < 1.29 is 9.47 Å². The van der Waals surface area contributed by atoms with Crippen molar-refractivity contribution in [3.63, 3.8) is 0 Å². The molecule has 4 rings (SSSR count). The Hall–Kier alpha value is -2.11. The minimum atomic E-state index is 0.480. The summed E-state index contributed by atoms with van der Waals surface area (Å²) in [6.45, 7) is 1.82. The highest BCUT2D eigenvalue weighted by Gasteiger charge is 2.14. The summed E-state index contributed by atoms with van der Waals surface area (Å²) >= 11 is 1.55. The Morgan fingerprint density at radius 1 is 1.09 bits per heavy atom. The second-order valence-corrected chi connectivity index (χ2v) is 6.62. The Bertz CT molecular complexity index is 746. The molecule has 1 N–H and O–H groups in total. The van der Waals surface area contributed by atoms with E-state index in [1.807, 2.05) is 48.5 Å². The number of benzene rings is 2. The lowest BCUT2D eigenvalue weighted by molar-refractivity contribution is 0.277. The van der Waals surface area contributed by atoms with E-state index < -0.39 is 0 Å². The summed E-state index contributed by atoms with van der Waals surface area (Å²) < 4.78 is 12.8. The van der Waals surface area contributed by atoms with E-state index in [9.17, 15) is 0 Å². The summed E-state index contributed by atoms with van der Waals surface area (Å²) in [4.78, 5) is 4.48. The first-order valence-electron chi connectivity index (χ1n) is 7.86. The van der Waals surface area contributed by atoms with Gasteiger partial charge >= 0.3 is 0 Å². The van der Waals surface area contributed by atoms with E-state index in [1.165, 1.54) is 12.8 Å². The van der Waals surface area contributed by atoms with E-state index in [2.05, 4.69) is 10.3 Å². The lowest BCUT2D eigenvalue weighted by Crippen LogP contribution is -2.28. The predicted octanol–water partition coefficient (Wildman–Crippen LogP) is 4.22. The van der Waals surface area contributed by atoms with Gasteiger partial charge in [-0.3, -0.25) is 0 Å². The highest BCUT2D eigenvalue weighted by atomic mass is 32.1. The van der Waals surface area contributed by atoms with Crippen LogP contribution in [0.2, 0.25) is 0 Å². The molecule has 1 fully saturated rings. The Kier molecular flexibility index (Phi) is 4.13. The smallest absolute Gasteiger partial charge is 0.279 e. The number of aromatic nitrogens is 1. The number of fused-ring (bicyclic) bond motifs is 1. The lowest BCUT2D eigenvalue weighted by Gasteiger charge is -2.12. The monoisotopic (exact) mass is 326 g/mol. The standard InChI is InChI=1S/C18H18N2O2S/c1-2-6-17-16(5-1)20-18(23-17)22-15-9-7-14(8-10-15)21-12-13-4-3-11-19-13/h1-2,5-10,13,19H,3-4,11-12H2/t13-/m0/s1. The molecule has 2 heterocycles. The fourth-order valence-electron chi connectivity index (χ4n) is 2.70. The number of para-hydroxylation sites is 1. The molecular formula is C18H18N2O2S. The first kappa shape index (κ1) is 14.5. The van der Waals surface area contributed by atoms with Gasteiger partial charge in [0.1, 0.15) is 18.1 Å². The zero-order valence-corrected chi connectivity index (χ0v) is 13.5. The van der Waals surface area contributed by atoms with Crippen molar-refractivity contribution >= 4 is 21.6 Å². The van der Waals surface area contributed by atoms with E-state index in [0.717, 1.165) is 34.9 Å². The van der Waals surface area contributed by atoms with Crippen molar-refractivity contribution in [3.05, 3.63) is 48.5 Å². The number of nitrogens with one attached hydrogen (secondary N) is 1.